The van der Waals surface area contributed by atoms with Crippen LogP contribution in [-0.4, -0.2) is 23.0 Å². The van der Waals surface area contributed by atoms with Crippen LogP contribution in [0.5, 0.6) is 0 Å². The van der Waals surface area contributed by atoms with E-state index in [0.717, 1.165) is 62.5 Å². The van der Waals surface area contributed by atoms with Crippen molar-refractivity contribution in [2.75, 3.05) is 0 Å². The van der Waals surface area contributed by atoms with Crippen molar-refractivity contribution in [3.8, 4) is 33.8 Å². The molecule has 0 bridgehead atoms. The van der Waals surface area contributed by atoms with Gasteiger partial charge in [0.15, 0.2) is 0 Å². The monoisotopic (exact) mass is 906 g/mol. The summed E-state index contributed by atoms with van der Waals surface area (Å²) in [5, 5.41) is 3.57. The van der Waals surface area contributed by atoms with Crippen LogP contribution in [0.2, 0.25) is 19.6 Å². The minimum atomic E-state index is -1.34. The molecule has 0 spiro atoms. The maximum absolute atomic E-state index is 6.08. The molecular weight excluding hydrogens is 855 g/mol. The molecule has 1 fully saturated rings. The van der Waals surface area contributed by atoms with Crippen LogP contribution < -0.4 is 5.19 Å². The molecule has 4 heterocycles. The number of furan rings is 1. The van der Waals surface area contributed by atoms with Gasteiger partial charge >= 0.3 is 0 Å². The van der Waals surface area contributed by atoms with Crippen molar-refractivity contribution in [3.63, 3.8) is 0 Å². The molecule has 3 aromatic carbocycles. The molecule has 0 N–H and O–H groups in total. The van der Waals surface area contributed by atoms with Gasteiger partial charge < -0.3 is 14.4 Å². The smallest absolute Gasteiger partial charge is 0.216 e. The third kappa shape index (κ3) is 9.17. The van der Waals surface area contributed by atoms with Crippen LogP contribution in [0.25, 0.3) is 55.8 Å². The number of hydrogen-bond acceptors (Lipinski definition) is 4. The molecule has 0 aliphatic heterocycles. The number of nitrogens with zero attached hydrogens (tertiary/aromatic N) is 3. The fourth-order valence-corrected chi connectivity index (χ4v) is 9.37. The Kier molecular flexibility index (Phi) is 12.8. The summed E-state index contributed by atoms with van der Waals surface area (Å²) < 4.78 is 6.08. The molecular formula is C48H51IrN3OSi-2. The number of fused-ring (bicyclic) bond motifs is 3. The molecule has 54 heavy (non-hydrogen) atoms. The van der Waals surface area contributed by atoms with E-state index < -0.39 is 8.07 Å². The topological polar surface area (TPSA) is 51.8 Å². The van der Waals surface area contributed by atoms with Crippen molar-refractivity contribution in [2.45, 2.75) is 84.9 Å². The first-order valence-electron chi connectivity index (χ1n) is 19.4. The third-order valence-electron chi connectivity index (χ3n) is 10.7. The number of hydrogen-bond donors (Lipinski definition) is 0. The van der Waals surface area contributed by atoms with Crippen LogP contribution in [-0.2, 0) is 26.5 Å². The van der Waals surface area contributed by atoms with Crippen molar-refractivity contribution in [1.82, 2.24) is 15.0 Å². The third-order valence-corrected chi connectivity index (χ3v) is 12.8. The second-order valence-corrected chi connectivity index (χ2v) is 21.2. The number of rotatable bonds is 8. The molecule has 4 nitrogen and oxygen atoms in total. The van der Waals surface area contributed by atoms with E-state index in [2.05, 4.69) is 123 Å². The van der Waals surface area contributed by atoms with Crippen LogP contribution in [0.4, 0.5) is 0 Å². The molecule has 7 aromatic rings. The van der Waals surface area contributed by atoms with Crippen LogP contribution in [0.1, 0.15) is 69.9 Å². The molecule has 1 aliphatic carbocycles. The zero-order valence-electron chi connectivity index (χ0n) is 32.5. The summed E-state index contributed by atoms with van der Waals surface area (Å²) in [7, 11) is -1.34. The first-order chi connectivity index (χ1) is 25.6. The van der Waals surface area contributed by atoms with E-state index in [1.165, 1.54) is 48.4 Å². The van der Waals surface area contributed by atoms with E-state index in [1.807, 2.05) is 48.7 Å². The van der Waals surface area contributed by atoms with Gasteiger partial charge in [0.2, 0.25) is 5.71 Å². The van der Waals surface area contributed by atoms with Crippen molar-refractivity contribution >= 4 is 35.3 Å². The van der Waals surface area contributed by atoms with E-state index in [1.54, 1.807) is 0 Å². The maximum Gasteiger partial charge on any atom is 0.216 e. The Hall–Kier alpha value is -4.22. The molecule has 8 rings (SSSR count). The van der Waals surface area contributed by atoms with Gasteiger partial charge in [0.25, 0.3) is 0 Å². The minimum Gasteiger partial charge on any atom is -0.486 e. The molecule has 4 aromatic heterocycles. The van der Waals surface area contributed by atoms with E-state index >= 15 is 0 Å². The van der Waals surface area contributed by atoms with Crippen LogP contribution in [0.15, 0.2) is 114 Å². The maximum atomic E-state index is 6.08. The Morgan fingerprint density at radius 3 is 2.24 bits per heavy atom. The standard InChI is InChI=1S/C30H27N2O.C18H24NSi.Ir/c1-20(21-8-4-2-5-9-21)23-16-17-31-28(19-23)24-12-15-29-26(18-24)25-13-14-27(32-30(25)33-29)22-10-6-3-7-11-22;1-14(2)11-16-12-17(15-9-7-6-8-10-15)19-13-18(16)20(3,4)5;/h3,6-7,10-11,13-21H,2,4-5,8-9H2,1H3;6-9,12-14H,11H2,1-5H3;/q2*-1;. The number of pyridine rings is 3. The van der Waals surface area contributed by atoms with E-state index in [-0.39, 0.29) is 20.1 Å². The zero-order valence-corrected chi connectivity index (χ0v) is 35.8. The van der Waals surface area contributed by atoms with Gasteiger partial charge in [-0.15, -0.1) is 59.7 Å². The largest absolute Gasteiger partial charge is 0.486 e. The van der Waals surface area contributed by atoms with E-state index in [4.69, 9.17) is 9.40 Å². The molecule has 1 atom stereocenters. The second kappa shape index (κ2) is 17.5. The van der Waals surface area contributed by atoms with Gasteiger partial charge in [0.05, 0.1) is 19.4 Å². The molecule has 1 saturated carbocycles. The molecule has 1 aliphatic rings. The van der Waals surface area contributed by atoms with Gasteiger partial charge in [-0.2, -0.15) is 0 Å². The molecule has 0 amide bonds. The van der Waals surface area contributed by atoms with Crippen LogP contribution in [0, 0.1) is 24.0 Å². The van der Waals surface area contributed by atoms with Gasteiger partial charge in [0, 0.05) is 43.4 Å². The normalized spacial score (nSPS) is 14.1. The summed E-state index contributed by atoms with van der Waals surface area (Å²) >= 11 is 0. The first kappa shape index (κ1) is 39.5. The molecule has 1 unspecified atom stereocenters. The van der Waals surface area contributed by atoms with Crippen molar-refractivity contribution < 1.29 is 24.5 Å². The predicted molar refractivity (Wildman–Crippen MR) is 224 cm³/mol. The van der Waals surface area contributed by atoms with Crippen molar-refractivity contribution in [1.29, 1.82) is 0 Å². The Labute approximate surface area is 336 Å². The minimum absolute atomic E-state index is 0. The van der Waals surface area contributed by atoms with Gasteiger partial charge in [-0.25, -0.2) is 4.98 Å². The fourth-order valence-electron chi connectivity index (χ4n) is 7.78. The zero-order chi connectivity index (χ0) is 37.0. The predicted octanol–water partition coefficient (Wildman–Crippen LogP) is 12.5. The Morgan fingerprint density at radius 2 is 1.52 bits per heavy atom. The average Bonchev–Trinajstić information content (AvgIpc) is 3.55. The molecule has 6 heteroatoms. The molecule has 279 valence electrons. The van der Waals surface area contributed by atoms with Crippen molar-refractivity contribution in [2.24, 2.45) is 11.8 Å². The SMILES string of the molecule is CC(C)Cc1cc(-c2[c-]cccc2)ncc1[Si](C)(C)C.CC(c1ccnc(-c2[c-]cc3oc4nc(-c5ccccc5)ccc4c3c2)c1)C1CCCCC1.[Ir]. The van der Waals surface area contributed by atoms with Crippen LogP contribution >= 0.6 is 0 Å². The van der Waals surface area contributed by atoms with Crippen LogP contribution in [0.3, 0.4) is 0 Å². The summed E-state index contributed by atoms with van der Waals surface area (Å²) in [5.74, 6) is 2.01. The fraction of sp³-hybridized carbons (Fsp3) is 0.312. The van der Waals surface area contributed by atoms with E-state index in [0.29, 0.717) is 17.5 Å². The number of benzene rings is 3. The summed E-state index contributed by atoms with van der Waals surface area (Å²) in [6.07, 6.45) is 12.0. The quantitative estimate of drug-likeness (QED) is 0.113. The van der Waals surface area contributed by atoms with Gasteiger partial charge in [-0.1, -0.05) is 119 Å². The Morgan fingerprint density at radius 1 is 0.759 bits per heavy atom. The summed E-state index contributed by atoms with van der Waals surface area (Å²) in [6.45, 7) is 14.1. The van der Waals surface area contributed by atoms with E-state index in [9.17, 15) is 0 Å². The second-order valence-electron chi connectivity index (χ2n) is 16.2. The summed E-state index contributed by atoms with van der Waals surface area (Å²) in [6, 6.07) is 39.9. The van der Waals surface area contributed by atoms with Crippen molar-refractivity contribution in [3.05, 3.63) is 133 Å². The molecule has 1 radical (unpaired) electrons. The van der Waals surface area contributed by atoms with Gasteiger partial charge in [-0.05, 0) is 71.8 Å². The summed E-state index contributed by atoms with van der Waals surface area (Å²) in [5.41, 5.74) is 10.4. The average molecular weight is 906 g/mol. The van der Waals surface area contributed by atoms with Gasteiger partial charge in [-0.3, -0.25) is 0 Å². The summed E-state index contributed by atoms with van der Waals surface area (Å²) in [4.78, 5) is 14.1. The number of aromatic nitrogens is 3. The Balaban J connectivity index is 0.000000205. The first-order valence-corrected chi connectivity index (χ1v) is 22.9. The molecule has 0 saturated heterocycles. The Bertz CT molecular complexity index is 2290. The van der Waals surface area contributed by atoms with Gasteiger partial charge in [0.1, 0.15) is 0 Å².